The Hall–Kier alpha value is -3.67. The van der Waals surface area contributed by atoms with Crippen LogP contribution in [0.3, 0.4) is 0 Å². The zero-order valence-electron chi connectivity index (χ0n) is 23.0. The van der Waals surface area contributed by atoms with Crippen molar-refractivity contribution in [2.75, 3.05) is 32.2 Å². The van der Waals surface area contributed by atoms with Crippen molar-refractivity contribution in [1.82, 2.24) is 0 Å². The third kappa shape index (κ3) is 7.69. The number of aliphatic imine (C=N–C) groups is 1. The van der Waals surface area contributed by atoms with Crippen LogP contribution in [0.15, 0.2) is 114 Å². The molecule has 3 aromatic rings. The fourth-order valence-corrected chi connectivity index (χ4v) is 4.93. The van der Waals surface area contributed by atoms with E-state index in [0.717, 1.165) is 47.6 Å². The molecule has 0 saturated heterocycles. The van der Waals surface area contributed by atoms with Gasteiger partial charge in [0.1, 0.15) is 11.9 Å². The Labute approximate surface area is 232 Å². The summed E-state index contributed by atoms with van der Waals surface area (Å²) in [7, 11) is 4.12. The molecule has 1 heterocycles. The third-order valence-corrected chi connectivity index (χ3v) is 7.16. The van der Waals surface area contributed by atoms with Crippen molar-refractivity contribution < 1.29 is 14.2 Å². The number of rotatable bonds is 12. The van der Waals surface area contributed by atoms with E-state index in [4.69, 9.17) is 19.2 Å². The molecule has 0 spiro atoms. The van der Waals surface area contributed by atoms with Crippen LogP contribution in [0.25, 0.3) is 0 Å². The van der Waals surface area contributed by atoms with Gasteiger partial charge in [0.15, 0.2) is 0 Å². The monoisotopic (exact) mass is 522 g/mol. The SMILES string of the molecule is CN(C)c1ccc(C2=NC3=CC(OC(COCc4ccccc4)COCc4ccccc4)=CCC3CC2)cc1. The summed E-state index contributed by atoms with van der Waals surface area (Å²) in [5.41, 5.74) is 6.94. The fourth-order valence-electron chi connectivity index (χ4n) is 4.93. The first-order chi connectivity index (χ1) is 19.1. The molecular weight excluding hydrogens is 484 g/mol. The minimum absolute atomic E-state index is 0.220. The molecule has 5 rings (SSSR count). The van der Waals surface area contributed by atoms with Gasteiger partial charge in [-0.15, -0.1) is 0 Å². The molecule has 5 heteroatoms. The molecule has 202 valence electrons. The summed E-state index contributed by atoms with van der Waals surface area (Å²) in [6.07, 6.45) is 7.14. The second-order valence-corrected chi connectivity index (χ2v) is 10.4. The lowest BCUT2D eigenvalue weighted by Crippen LogP contribution is -2.26. The predicted molar refractivity (Wildman–Crippen MR) is 158 cm³/mol. The molecule has 5 nitrogen and oxygen atoms in total. The molecular formula is C34H38N2O3. The molecule has 2 aliphatic rings. The van der Waals surface area contributed by atoms with Crippen molar-refractivity contribution in [1.29, 1.82) is 0 Å². The minimum atomic E-state index is -0.220. The van der Waals surface area contributed by atoms with E-state index in [0.29, 0.717) is 32.3 Å². The first kappa shape index (κ1) is 26.9. The second kappa shape index (κ2) is 13.4. The topological polar surface area (TPSA) is 43.3 Å². The van der Waals surface area contributed by atoms with Gasteiger partial charge in [-0.05, 0) is 54.2 Å². The molecule has 1 aliphatic carbocycles. The number of benzene rings is 3. The van der Waals surface area contributed by atoms with Gasteiger partial charge in [-0.1, -0.05) is 72.8 Å². The highest BCUT2D eigenvalue weighted by Gasteiger charge is 2.25. The van der Waals surface area contributed by atoms with Crippen LogP contribution in [0.4, 0.5) is 5.69 Å². The Morgan fingerprint density at radius 3 is 2.03 bits per heavy atom. The van der Waals surface area contributed by atoms with E-state index < -0.39 is 0 Å². The normalized spacial score (nSPS) is 16.7. The maximum Gasteiger partial charge on any atom is 0.145 e. The summed E-state index contributed by atoms with van der Waals surface area (Å²) in [6, 6.07) is 29.1. The van der Waals surface area contributed by atoms with Crippen LogP contribution < -0.4 is 4.90 Å². The molecule has 39 heavy (non-hydrogen) atoms. The molecule has 0 bridgehead atoms. The summed E-state index contributed by atoms with van der Waals surface area (Å²) in [5, 5.41) is 0. The maximum absolute atomic E-state index is 6.46. The molecule has 0 saturated carbocycles. The van der Waals surface area contributed by atoms with Gasteiger partial charge in [0.25, 0.3) is 0 Å². The Kier molecular flexibility index (Phi) is 9.26. The van der Waals surface area contributed by atoms with Gasteiger partial charge in [-0.2, -0.15) is 0 Å². The Morgan fingerprint density at radius 2 is 1.44 bits per heavy atom. The van der Waals surface area contributed by atoms with E-state index >= 15 is 0 Å². The van der Waals surface area contributed by atoms with E-state index in [1.807, 2.05) is 36.4 Å². The Morgan fingerprint density at radius 1 is 0.821 bits per heavy atom. The lowest BCUT2D eigenvalue weighted by atomic mass is 9.86. The Balaban J connectivity index is 1.24. The van der Waals surface area contributed by atoms with Gasteiger partial charge < -0.3 is 19.1 Å². The van der Waals surface area contributed by atoms with Crippen LogP contribution in [0.1, 0.15) is 36.0 Å². The zero-order chi connectivity index (χ0) is 26.9. The molecule has 0 aromatic heterocycles. The molecule has 0 fully saturated rings. The standard InChI is InChI=1S/C34H38N2O3/c1-36(2)30-17-13-28(14-18-30)33-20-16-29-15-19-31(21-34(29)35-33)39-32(24-37-22-26-9-5-3-6-10-26)25-38-23-27-11-7-4-8-12-27/h3-14,17-19,21,29,32H,15-16,20,22-25H2,1-2H3. The lowest BCUT2D eigenvalue weighted by molar-refractivity contribution is -0.0407. The zero-order valence-corrected chi connectivity index (χ0v) is 23.0. The van der Waals surface area contributed by atoms with Crippen LogP contribution >= 0.6 is 0 Å². The smallest absolute Gasteiger partial charge is 0.145 e. The summed E-state index contributed by atoms with van der Waals surface area (Å²) in [6.45, 7) is 1.98. The van der Waals surface area contributed by atoms with Crippen LogP contribution in [0.2, 0.25) is 0 Å². The van der Waals surface area contributed by atoms with Crippen LogP contribution in [-0.2, 0) is 27.4 Å². The largest absolute Gasteiger partial charge is 0.486 e. The molecule has 1 aliphatic heterocycles. The number of hydrogen-bond donors (Lipinski definition) is 0. The van der Waals surface area contributed by atoms with E-state index in [2.05, 4.69) is 79.7 Å². The summed E-state index contributed by atoms with van der Waals surface area (Å²) >= 11 is 0. The first-order valence-corrected chi connectivity index (χ1v) is 13.8. The third-order valence-electron chi connectivity index (χ3n) is 7.16. The van der Waals surface area contributed by atoms with Crippen LogP contribution in [0, 0.1) is 5.92 Å². The second-order valence-electron chi connectivity index (χ2n) is 10.4. The summed E-state index contributed by atoms with van der Waals surface area (Å²) < 4.78 is 18.6. The number of fused-ring (bicyclic) bond motifs is 1. The van der Waals surface area contributed by atoms with E-state index in [9.17, 15) is 0 Å². The van der Waals surface area contributed by atoms with Gasteiger partial charge in [0.05, 0.1) is 26.4 Å². The van der Waals surface area contributed by atoms with Crippen molar-refractivity contribution in [2.24, 2.45) is 10.9 Å². The van der Waals surface area contributed by atoms with Crippen molar-refractivity contribution in [2.45, 2.75) is 38.6 Å². The van der Waals surface area contributed by atoms with Crippen LogP contribution in [-0.4, -0.2) is 39.1 Å². The fraction of sp³-hybridized carbons (Fsp3) is 0.324. The summed E-state index contributed by atoms with van der Waals surface area (Å²) in [4.78, 5) is 7.21. The molecule has 0 amide bonds. The average Bonchev–Trinajstić information content (AvgIpc) is 2.98. The van der Waals surface area contributed by atoms with Crippen molar-refractivity contribution in [3.8, 4) is 0 Å². The number of anilines is 1. The number of nitrogens with zero attached hydrogens (tertiary/aromatic N) is 2. The highest BCUT2D eigenvalue weighted by molar-refractivity contribution is 6.02. The van der Waals surface area contributed by atoms with Gasteiger partial charge in [-0.3, -0.25) is 4.99 Å². The van der Waals surface area contributed by atoms with E-state index in [-0.39, 0.29) is 6.10 Å². The van der Waals surface area contributed by atoms with Crippen LogP contribution in [0.5, 0.6) is 0 Å². The molecule has 3 aromatic carbocycles. The number of ether oxygens (including phenoxy) is 3. The predicted octanol–water partition coefficient (Wildman–Crippen LogP) is 6.94. The van der Waals surface area contributed by atoms with Crippen molar-refractivity contribution >= 4 is 11.4 Å². The Bertz CT molecular complexity index is 1240. The molecule has 0 N–H and O–H groups in total. The number of allylic oxidation sites excluding steroid dienone is 3. The van der Waals surface area contributed by atoms with Crippen molar-refractivity contribution in [3.63, 3.8) is 0 Å². The minimum Gasteiger partial charge on any atom is -0.486 e. The van der Waals surface area contributed by atoms with E-state index in [1.165, 1.54) is 11.3 Å². The quantitative estimate of drug-likeness (QED) is 0.258. The molecule has 1 unspecified atom stereocenters. The first-order valence-electron chi connectivity index (χ1n) is 13.8. The highest BCUT2D eigenvalue weighted by atomic mass is 16.6. The maximum atomic E-state index is 6.46. The highest BCUT2D eigenvalue weighted by Crippen LogP contribution is 2.34. The molecule has 0 radical (unpaired) electrons. The summed E-state index contributed by atoms with van der Waals surface area (Å²) in [5.74, 6) is 1.30. The van der Waals surface area contributed by atoms with Gasteiger partial charge in [-0.25, -0.2) is 0 Å². The van der Waals surface area contributed by atoms with Crippen molar-refractivity contribution in [3.05, 3.63) is 125 Å². The van der Waals surface area contributed by atoms with Gasteiger partial charge >= 0.3 is 0 Å². The number of hydrogen-bond acceptors (Lipinski definition) is 5. The molecule has 1 atom stereocenters. The lowest BCUT2D eigenvalue weighted by Gasteiger charge is -2.28. The van der Waals surface area contributed by atoms with Gasteiger partial charge in [0, 0.05) is 43.2 Å². The average molecular weight is 523 g/mol. The van der Waals surface area contributed by atoms with E-state index in [1.54, 1.807) is 0 Å². The van der Waals surface area contributed by atoms with Gasteiger partial charge in [0.2, 0.25) is 0 Å².